The predicted octanol–water partition coefficient (Wildman–Crippen LogP) is -0.292. The molecule has 20 heavy (non-hydrogen) atoms. The van der Waals surface area contributed by atoms with Crippen molar-refractivity contribution in [1.29, 1.82) is 0 Å². The van der Waals surface area contributed by atoms with Gasteiger partial charge in [-0.25, -0.2) is 13.4 Å². The van der Waals surface area contributed by atoms with Crippen molar-refractivity contribution in [1.82, 2.24) is 15.2 Å². The Labute approximate surface area is 117 Å². The lowest BCUT2D eigenvalue weighted by atomic mass is 10.2. The van der Waals surface area contributed by atoms with E-state index in [0.717, 1.165) is 0 Å². The standard InChI is InChI=1S/C12H16N4O3S/c1-16(2)14-11(17)7-8-13-12-9-5-3-4-6-10(9)20(18,19)15-12/h3-6H,7-8H2,1-2H3,(H,13,15)(H,14,17). The smallest absolute Gasteiger partial charge is 0.263 e. The highest BCUT2D eigenvalue weighted by Gasteiger charge is 2.29. The molecular formula is C12H16N4O3S. The van der Waals surface area contributed by atoms with Gasteiger partial charge in [0.15, 0.2) is 0 Å². The van der Waals surface area contributed by atoms with Gasteiger partial charge < -0.3 is 0 Å². The van der Waals surface area contributed by atoms with Crippen LogP contribution >= 0.6 is 0 Å². The van der Waals surface area contributed by atoms with Gasteiger partial charge in [-0.3, -0.25) is 19.9 Å². The van der Waals surface area contributed by atoms with E-state index in [1.807, 2.05) is 0 Å². The number of hydrogen-bond donors (Lipinski definition) is 2. The lowest BCUT2D eigenvalue weighted by molar-refractivity contribution is -0.124. The van der Waals surface area contributed by atoms with Crippen molar-refractivity contribution in [2.24, 2.45) is 4.99 Å². The molecule has 0 aliphatic carbocycles. The minimum absolute atomic E-state index is 0.173. The highest BCUT2D eigenvalue weighted by atomic mass is 32.2. The molecule has 8 heteroatoms. The topological polar surface area (TPSA) is 90.9 Å². The monoisotopic (exact) mass is 296 g/mol. The third-order valence-corrected chi connectivity index (χ3v) is 4.02. The zero-order valence-corrected chi connectivity index (χ0v) is 12.1. The molecule has 2 rings (SSSR count). The third-order valence-electron chi connectivity index (χ3n) is 2.62. The van der Waals surface area contributed by atoms with Crippen molar-refractivity contribution < 1.29 is 13.2 Å². The second-order valence-electron chi connectivity index (χ2n) is 4.51. The van der Waals surface area contributed by atoms with Crippen LogP contribution in [0.3, 0.4) is 0 Å². The van der Waals surface area contributed by atoms with Gasteiger partial charge in [-0.1, -0.05) is 12.1 Å². The first-order valence-electron chi connectivity index (χ1n) is 6.03. The number of hydrazine groups is 1. The summed E-state index contributed by atoms with van der Waals surface area (Å²) in [5, 5.41) is 1.54. The predicted molar refractivity (Wildman–Crippen MR) is 74.6 cm³/mol. The second kappa shape index (κ2) is 5.59. The Morgan fingerprint density at radius 3 is 2.75 bits per heavy atom. The van der Waals surface area contributed by atoms with E-state index in [1.165, 1.54) is 6.07 Å². The second-order valence-corrected chi connectivity index (χ2v) is 6.16. The number of nitrogens with zero attached hydrogens (tertiary/aromatic N) is 2. The molecule has 1 aliphatic heterocycles. The lowest BCUT2D eigenvalue weighted by Gasteiger charge is -2.10. The zero-order chi connectivity index (χ0) is 14.8. The van der Waals surface area contributed by atoms with E-state index in [4.69, 9.17) is 0 Å². The zero-order valence-electron chi connectivity index (χ0n) is 11.3. The Hall–Kier alpha value is -1.93. The van der Waals surface area contributed by atoms with Gasteiger partial charge in [0.25, 0.3) is 10.0 Å². The molecule has 1 aliphatic rings. The largest absolute Gasteiger partial charge is 0.289 e. The van der Waals surface area contributed by atoms with Crippen molar-refractivity contribution in [2.75, 3.05) is 20.6 Å². The first kappa shape index (κ1) is 14.5. The normalized spacial score (nSPS) is 17.9. The minimum Gasteiger partial charge on any atom is -0.289 e. The van der Waals surface area contributed by atoms with Crippen molar-refractivity contribution >= 4 is 21.8 Å². The molecule has 1 amide bonds. The van der Waals surface area contributed by atoms with Crippen LogP contribution in [0.15, 0.2) is 34.2 Å². The fourth-order valence-electron chi connectivity index (χ4n) is 1.83. The van der Waals surface area contributed by atoms with Crippen molar-refractivity contribution in [3.63, 3.8) is 0 Å². The highest BCUT2D eigenvalue weighted by molar-refractivity contribution is 7.90. The molecule has 2 N–H and O–H groups in total. The molecular weight excluding hydrogens is 280 g/mol. The molecule has 108 valence electrons. The van der Waals surface area contributed by atoms with E-state index in [-0.39, 0.29) is 23.8 Å². The molecule has 1 aromatic rings. The van der Waals surface area contributed by atoms with Crippen LogP contribution in [0.25, 0.3) is 0 Å². The third kappa shape index (κ3) is 3.14. The van der Waals surface area contributed by atoms with E-state index in [2.05, 4.69) is 15.1 Å². The van der Waals surface area contributed by atoms with Gasteiger partial charge in [-0.15, -0.1) is 0 Å². The number of fused-ring (bicyclic) bond motifs is 1. The van der Waals surface area contributed by atoms with E-state index in [0.29, 0.717) is 11.4 Å². The highest BCUT2D eigenvalue weighted by Crippen LogP contribution is 2.21. The molecule has 0 fully saturated rings. The van der Waals surface area contributed by atoms with Crippen LogP contribution in [0.5, 0.6) is 0 Å². The summed E-state index contributed by atoms with van der Waals surface area (Å²) in [4.78, 5) is 15.8. The Morgan fingerprint density at radius 2 is 2.05 bits per heavy atom. The summed E-state index contributed by atoms with van der Waals surface area (Å²) in [6.45, 7) is 0.214. The van der Waals surface area contributed by atoms with Crippen molar-refractivity contribution in [2.45, 2.75) is 11.3 Å². The van der Waals surface area contributed by atoms with Gasteiger partial charge in [-0.2, -0.15) is 0 Å². The van der Waals surface area contributed by atoms with Crippen molar-refractivity contribution in [3.05, 3.63) is 29.8 Å². The fraction of sp³-hybridized carbons (Fsp3) is 0.333. The molecule has 0 aromatic heterocycles. The van der Waals surface area contributed by atoms with Crippen LogP contribution in [0.2, 0.25) is 0 Å². The van der Waals surface area contributed by atoms with Crippen LogP contribution < -0.4 is 10.1 Å². The Balaban J connectivity index is 2.08. The number of carbonyl (C=O) groups is 1. The summed E-state index contributed by atoms with van der Waals surface area (Å²) in [5.41, 5.74) is 3.13. The van der Waals surface area contributed by atoms with Gasteiger partial charge in [0.1, 0.15) is 5.84 Å². The SMILES string of the molecule is CN(C)NC(=O)CCN=C1NS(=O)(=O)c2ccccc21. The summed E-state index contributed by atoms with van der Waals surface area (Å²) in [6.07, 6.45) is 0.186. The minimum atomic E-state index is -3.51. The number of sulfonamides is 1. The van der Waals surface area contributed by atoms with Crippen LogP contribution in [-0.4, -0.2) is 45.8 Å². The van der Waals surface area contributed by atoms with Gasteiger partial charge in [-0.05, 0) is 12.1 Å². The van der Waals surface area contributed by atoms with Crippen LogP contribution in [0.4, 0.5) is 0 Å². The molecule has 0 bridgehead atoms. The van der Waals surface area contributed by atoms with E-state index < -0.39 is 10.0 Å². The van der Waals surface area contributed by atoms with Gasteiger partial charge >= 0.3 is 0 Å². The number of carbonyl (C=O) groups excluding carboxylic acids is 1. The number of amidine groups is 1. The first-order valence-corrected chi connectivity index (χ1v) is 7.52. The Kier molecular flexibility index (Phi) is 4.05. The number of amides is 1. The average molecular weight is 296 g/mol. The average Bonchev–Trinajstić information content (AvgIpc) is 2.61. The van der Waals surface area contributed by atoms with E-state index in [9.17, 15) is 13.2 Å². The Bertz CT molecular complexity index is 652. The maximum absolute atomic E-state index is 11.8. The summed E-state index contributed by atoms with van der Waals surface area (Å²) in [6, 6.07) is 6.62. The molecule has 0 unspecified atom stereocenters. The summed E-state index contributed by atoms with van der Waals surface area (Å²) in [7, 11) is -0.0871. The molecule has 0 saturated heterocycles. The summed E-state index contributed by atoms with van der Waals surface area (Å²) < 4.78 is 26.0. The number of hydrogen-bond acceptors (Lipinski definition) is 5. The molecule has 0 saturated carbocycles. The van der Waals surface area contributed by atoms with Crippen molar-refractivity contribution in [3.8, 4) is 0 Å². The summed E-state index contributed by atoms with van der Waals surface area (Å²) >= 11 is 0. The molecule has 1 heterocycles. The number of benzene rings is 1. The number of nitrogens with one attached hydrogen (secondary N) is 2. The lowest BCUT2D eigenvalue weighted by Crippen LogP contribution is -2.36. The van der Waals surface area contributed by atoms with Crippen LogP contribution in [0.1, 0.15) is 12.0 Å². The van der Waals surface area contributed by atoms with E-state index in [1.54, 1.807) is 37.3 Å². The molecule has 7 nitrogen and oxygen atoms in total. The maximum Gasteiger partial charge on any atom is 0.263 e. The van der Waals surface area contributed by atoms with Gasteiger partial charge in [0.2, 0.25) is 5.91 Å². The fourth-order valence-corrected chi connectivity index (χ4v) is 3.08. The molecule has 0 radical (unpaired) electrons. The quantitative estimate of drug-likeness (QED) is 0.747. The van der Waals surface area contributed by atoms with Gasteiger partial charge in [0.05, 0.1) is 11.4 Å². The maximum atomic E-state index is 11.8. The van der Waals surface area contributed by atoms with E-state index >= 15 is 0 Å². The van der Waals surface area contributed by atoms with Crippen LogP contribution in [-0.2, 0) is 14.8 Å². The van der Waals surface area contributed by atoms with Crippen LogP contribution in [0, 0.1) is 0 Å². The molecule has 0 atom stereocenters. The number of aliphatic imine (C=N–C) groups is 1. The summed E-state index contributed by atoms with van der Waals surface area (Å²) in [5.74, 6) is 0.117. The Morgan fingerprint density at radius 1 is 1.35 bits per heavy atom. The van der Waals surface area contributed by atoms with Gasteiger partial charge in [0, 0.05) is 26.1 Å². The number of rotatable bonds is 4. The first-order chi connectivity index (χ1) is 9.40. The molecule has 1 aromatic carbocycles. The molecule has 0 spiro atoms.